The van der Waals surface area contributed by atoms with Gasteiger partial charge in [0.1, 0.15) is 6.61 Å². The second-order valence-electron chi connectivity index (χ2n) is 8.63. The predicted molar refractivity (Wildman–Crippen MR) is 123 cm³/mol. The molecule has 2 amide bonds. The van der Waals surface area contributed by atoms with Gasteiger partial charge in [-0.1, -0.05) is 62.4 Å². The molecule has 2 atom stereocenters. The van der Waals surface area contributed by atoms with Crippen molar-refractivity contribution in [3.05, 3.63) is 59.7 Å². The Morgan fingerprint density at radius 3 is 2.06 bits per heavy atom. The van der Waals surface area contributed by atoms with Crippen LogP contribution in [0.3, 0.4) is 0 Å². The average molecular weight is 455 g/mol. The van der Waals surface area contributed by atoms with Gasteiger partial charge in [0.25, 0.3) is 0 Å². The highest BCUT2D eigenvalue weighted by molar-refractivity contribution is 5.81. The zero-order valence-electron chi connectivity index (χ0n) is 18.8. The molecule has 33 heavy (non-hydrogen) atoms. The van der Waals surface area contributed by atoms with Gasteiger partial charge in [-0.05, 0) is 34.6 Å². The molecule has 0 bridgehead atoms. The molecule has 8 nitrogen and oxygen atoms in total. The van der Waals surface area contributed by atoms with Crippen LogP contribution < -0.4 is 10.6 Å². The van der Waals surface area contributed by atoms with Crippen molar-refractivity contribution in [1.82, 2.24) is 10.6 Å². The molecule has 0 fully saturated rings. The first kappa shape index (κ1) is 24.3. The molecule has 0 aliphatic heterocycles. The number of nitrogens with one attached hydrogen (secondary N) is 2. The van der Waals surface area contributed by atoms with Gasteiger partial charge in [-0.25, -0.2) is 9.59 Å². The summed E-state index contributed by atoms with van der Waals surface area (Å²) in [4.78, 5) is 35.6. The summed E-state index contributed by atoms with van der Waals surface area (Å²) in [6.07, 6.45) is -1.81. The van der Waals surface area contributed by atoms with Gasteiger partial charge in [0.05, 0.1) is 12.5 Å². The summed E-state index contributed by atoms with van der Waals surface area (Å²) < 4.78 is 5.50. The first-order valence-electron chi connectivity index (χ1n) is 11.0. The Balaban J connectivity index is 1.56. The maximum Gasteiger partial charge on any atom is 0.407 e. The summed E-state index contributed by atoms with van der Waals surface area (Å²) in [6.45, 7) is 3.71. The van der Waals surface area contributed by atoms with E-state index in [1.807, 2.05) is 50.2 Å². The van der Waals surface area contributed by atoms with Crippen LogP contribution in [0, 0.1) is 11.8 Å². The van der Waals surface area contributed by atoms with E-state index in [2.05, 4.69) is 22.8 Å². The molecule has 3 rings (SSSR count). The van der Waals surface area contributed by atoms with Crippen LogP contribution in [0.15, 0.2) is 48.5 Å². The summed E-state index contributed by atoms with van der Waals surface area (Å²) >= 11 is 0. The molecule has 1 aliphatic carbocycles. The van der Waals surface area contributed by atoms with Crippen LogP contribution in [-0.2, 0) is 14.3 Å². The third-order valence-corrected chi connectivity index (χ3v) is 5.72. The van der Waals surface area contributed by atoms with Gasteiger partial charge >= 0.3 is 12.1 Å². The van der Waals surface area contributed by atoms with Crippen molar-refractivity contribution in [3.63, 3.8) is 0 Å². The fraction of sp³-hybridized carbons (Fsp3) is 0.400. The van der Waals surface area contributed by atoms with E-state index in [9.17, 15) is 19.5 Å². The van der Waals surface area contributed by atoms with Gasteiger partial charge in [0.2, 0.25) is 5.91 Å². The lowest BCUT2D eigenvalue weighted by molar-refractivity contribution is -0.146. The minimum absolute atomic E-state index is 0.0455. The Labute approximate surface area is 193 Å². The van der Waals surface area contributed by atoms with Crippen LogP contribution in [-0.4, -0.2) is 54.0 Å². The average Bonchev–Trinajstić information content (AvgIpc) is 3.12. The summed E-state index contributed by atoms with van der Waals surface area (Å²) in [5.41, 5.74) is 4.50. The fourth-order valence-corrected chi connectivity index (χ4v) is 4.14. The molecular weight excluding hydrogens is 424 g/mol. The van der Waals surface area contributed by atoms with E-state index in [0.29, 0.717) is 6.42 Å². The van der Waals surface area contributed by atoms with Crippen LogP contribution in [0.4, 0.5) is 4.79 Å². The first-order valence-corrected chi connectivity index (χ1v) is 11.0. The predicted octanol–water partition coefficient (Wildman–Crippen LogP) is 2.75. The summed E-state index contributed by atoms with van der Waals surface area (Å²) in [5, 5.41) is 23.2. The van der Waals surface area contributed by atoms with Crippen molar-refractivity contribution in [3.8, 4) is 11.1 Å². The van der Waals surface area contributed by atoms with Gasteiger partial charge in [-0.15, -0.1) is 0 Å². The van der Waals surface area contributed by atoms with E-state index >= 15 is 0 Å². The van der Waals surface area contributed by atoms with Gasteiger partial charge in [-0.2, -0.15) is 0 Å². The number of aliphatic hydroxyl groups is 1. The summed E-state index contributed by atoms with van der Waals surface area (Å²) in [6, 6.07) is 16.1. The Bertz CT molecular complexity index is 960. The van der Waals surface area contributed by atoms with Crippen molar-refractivity contribution in [2.24, 2.45) is 11.8 Å². The molecule has 4 N–H and O–H groups in total. The van der Waals surface area contributed by atoms with E-state index in [0.717, 1.165) is 22.3 Å². The van der Waals surface area contributed by atoms with Crippen molar-refractivity contribution in [2.45, 2.75) is 32.3 Å². The lowest BCUT2D eigenvalue weighted by Crippen LogP contribution is -2.43. The number of carbonyl (C=O) groups is 3. The highest BCUT2D eigenvalue weighted by atomic mass is 16.5. The van der Waals surface area contributed by atoms with Gasteiger partial charge in [-0.3, -0.25) is 4.79 Å². The molecule has 2 aromatic rings. The maximum atomic E-state index is 12.5. The maximum absolute atomic E-state index is 12.5. The first-order chi connectivity index (χ1) is 15.8. The molecule has 0 heterocycles. The minimum Gasteiger partial charge on any atom is -0.479 e. The second-order valence-corrected chi connectivity index (χ2v) is 8.63. The minimum atomic E-state index is -1.68. The lowest BCUT2D eigenvalue weighted by Gasteiger charge is -2.20. The molecule has 0 radical (unpaired) electrons. The Hall–Kier alpha value is -3.39. The van der Waals surface area contributed by atoms with Crippen molar-refractivity contribution >= 4 is 18.0 Å². The van der Waals surface area contributed by atoms with E-state index in [-0.39, 0.29) is 25.0 Å². The number of carboxylic acids is 1. The largest absolute Gasteiger partial charge is 0.479 e. The number of ether oxygens (including phenoxy) is 1. The third kappa shape index (κ3) is 6.10. The number of carboxylic acid groups (broad SMARTS) is 1. The topological polar surface area (TPSA) is 125 Å². The molecule has 0 spiro atoms. The van der Waals surface area contributed by atoms with E-state index in [1.54, 1.807) is 0 Å². The summed E-state index contributed by atoms with van der Waals surface area (Å²) in [5.74, 6) is -2.30. The number of hydrogen-bond acceptors (Lipinski definition) is 5. The third-order valence-electron chi connectivity index (χ3n) is 5.72. The Morgan fingerprint density at radius 1 is 0.939 bits per heavy atom. The van der Waals surface area contributed by atoms with Crippen LogP contribution in [0.5, 0.6) is 0 Å². The smallest absolute Gasteiger partial charge is 0.407 e. The summed E-state index contributed by atoms with van der Waals surface area (Å²) in [7, 11) is 0. The molecule has 0 saturated heterocycles. The number of aliphatic hydroxyl groups excluding tert-OH is 1. The van der Waals surface area contributed by atoms with Gasteiger partial charge < -0.3 is 25.6 Å². The standard InChI is InChI=1S/C25H30N2O6/c1-15(2)11-16(23(29)26-13-22(28)24(30)31)12-27-25(32)33-14-21-19-9-5-3-7-17(19)18-8-4-6-10-20(18)21/h3-10,15-16,21-22,28H,11-14H2,1-2H3,(H,26,29)(H,27,32)(H,30,31). The second kappa shape index (κ2) is 11.0. The number of hydrogen-bond donors (Lipinski definition) is 4. The van der Waals surface area contributed by atoms with Crippen LogP contribution in [0.2, 0.25) is 0 Å². The Morgan fingerprint density at radius 2 is 1.52 bits per heavy atom. The van der Waals surface area contributed by atoms with Crippen molar-refractivity contribution in [1.29, 1.82) is 0 Å². The van der Waals surface area contributed by atoms with Gasteiger partial charge in [0.15, 0.2) is 6.10 Å². The quantitative estimate of drug-likeness (QED) is 0.438. The van der Waals surface area contributed by atoms with E-state index < -0.39 is 36.5 Å². The number of amides is 2. The molecule has 0 aromatic heterocycles. The van der Waals surface area contributed by atoms with Crippen LogP contribution >= 0.6 is 0 Å². The van der Waals surface area contributed by atoms with Crippen molar-refractivity contribution in [2.75, 3.05) is 19.7 Å². The number of fused-ring (bicyclic) bond motifs is 3. The van der Waals surface area contributed by atoms with E-state index in [4.69, 9.17) is 9.84 Å². The molecule has 176 valence electrons. The number of benzene rings is 2. The normalized spacial score (nSPS) is 14.2. The highest BCUT2D eigenvalue weighted by Crippen LogP contribution is 2.44. The number of carbonyl (C=O) groups excluding carboxylic acids is 2. The van der Waals surface area contributed by atoms with Crippen molar-refractivity contribution < 1.29 is 29.3 Å². The number of alkyl carbamates (subject to hydrolysis) is 1. The Kier molecular flexibility index (Phi) is 8.06. The SMILES string of the molecule is CC(C)CC(CNC(=O)OCC1c2ccccc2-c2ccccc21)C(=O)NCC(O)C(=O)O. The highest BCUT2D eigenvalue weighted by Gasteiger charge is 2.29. The molecule has 2 aromatic carbocycles. The monoisotopic (exact) mass is 454 g/mol. The molecule has 0 saturated carbocycles. The van der Waals surface area contributed by atoms with Crippen LogP contribution in [0.25, 0.3) is 11.1 Å². The van der Waals surface area contributed by atoms with Crippen LogP contribution in [0.1, 0.15) is 37.3 Å². The lowest BCUT2D eigenvalue weighted by atomic mass is 9.96. The number of aliphatic carboxylic acids is 1. The zero-order valence-corrected chi connectivity index (χ0v) is 18.8. The fourth-order valence-electron chi connectivity index (χ4n) is 4.14. The van der Waals surface area contributed by atoms with E-state index in [1.165, 1.54) is 0 Å². The molecule has 8 heteroatoms. The molecule has 2 unspecified atom stereocenters. The molecule has 1 aliphatic rings. The molecular formula is C25H30N2O6. The van der Waals surface area contributed by atoms with Gasteiger partial charge in [0, 0.05) is 12.5 Å². The number of rotatable bonds is 10. The zero-order chi connectivity index (χ0) is 24.0.